The molecule has 2 aromatic heterocycles. The Labute approximate surface area is 211 Å². The number of aromatic amines is 2. The normalized spacial score (nSPS) is 10.9. The van der Waals surface area contributed by atoms with E-state index in [0.29, 0.717) is 29.7 Å². The molecule has 0 aliphatic carbocycles. The minimum absolute atomic E-state index is 0.103. The molecular weight excluding hydrogens is 477 g/mol. The molecule has 0 aliphatic heterocycles. The molecule has 0 saturated heterocycles. The Morgan fingerprint density at radius 1 is 1.03 bits per heavy atom. The number of nitrogens with one attached hydrogen (secondary N) is 3. The molecule has 37 heavy (non-hydrogen) atoms. The van der Waals surface area contributed by atoms with Crippen LogP contribution in [0.4, 0.5) is 4.39 Å². The second-order valence-electron chi connectivity index (χ2n) is 8.48. The first kappa shape index (κ1) is 25.5. The molecule has 0 spiro atoms. The van der Waals surface area contributed by atoms with Crippen molar-refractivity contribution in [1.29, 1.82) is 0 Å². The van der Waals surface area contributed by atoms with Crippen LogP contribution in [0.3, 0.4) is 0 Å². The summed E-state index contributed by atoms with van der Waals surface area (Å²) >= 11 is 0. The minimum atomic E-state index is -0.912. The Morgan fingerprint density at radius 3 is 2.41 bits per heavy atom. The van der Waals surface area contributed by atoms with Crippen molar-refractivity contribution in [2.24, 2.45) is 5.73 Å². The molecule has 5 N–H and O–H groups in total. The lowest BCUT2D eigenvalue weighted by molar-refractivity contribution is 0.0940. The zero-order chi connectivity index (χ0) is 26.4. The first-order valence-electron chi connectivity index (χ1n) is 11.5. The van der Waals surface area contributed by atoms with Gasteiger partial charge in [-0.3, -0.25) is 19.5 Å². The van der Waals surface area contributed by atoms with Crippen molar-refractivity contribution < 1.29 is 18.7 Å². The quantitative estimate of drug-likeness (QED) is 0.263. The summed E-state index contributed by atoms with van der Waals surface area (Å²) in [6, 6.07) is 15.4. The van der Waals surface area contributed by atoms with Crippen LogP contribution in [0.15, 0.2) is 65.6 Å². The molecule has 2 aromatic carbocycles. The van der Waals surface area contributed by atoms with Crippen molar-refractivity contribution in [2.45, 2.75) is 26.0 Å². The fourth-order valence-electron chi connectivity index (χ4n) is 4.09. The number of pyridine rings is 1. The number of carbonyl (C=O) groups excluding carboxylic acids is 2. The van der Waals surface area contributed by atoms with Gasteiger partial charge in [0.15, 0.2) is 5.69 Å². The van der Waals surface area contributed by atoms with Gasteiger partial charge in [0.05, 0.1) is 17.9 Å². The Bertz CT molecular complexity index is 1480. The summed E-state index contributed by atoms with van der Waals surface area (Å²) < 4.78 is 19.3. The minimum Gasteiger partial charge on any atom is -0.378 e. The Balaban J connectivity index is 1.52. The SMILES string of the molecule is COCc1[nH]nc(C(=O)NCc2cccc(F)c2C(N)=O)c1Cc1ccc(Cc2ccc[nH]c2=O)cc1. The number of nitrogens with zero attached hydrogens (tertiary/aromatic N) is 1. The summed E-state index contributed by atoms with van der Waals surface area (Å²) in [5, 5.41) is 9.73. The summed E-state index contributed by atoms with van der Waals surface area (Å²) in [6.45, 7) is 0.119. The van der Waals surface area contributed by atoms with E-state index in [-0.39, 0.29) is 35.5 Å². The molecule has 2 heterocycles. The van der Waals surface area contributed by atoms with Crippen molar-refractivity contribution in [3.05, 3.63) is 122 Å². The van der Waals surface area contributed by atoms with Gasteiger partial charge in [-0.15, -0.1) is 0 Å². The van der Waals surface area contributed by atoms with Crippen LogP contribution in [0.2, 0.25) is 0 Å². The maximum atomic E-state index is 14.1. The van der Waals surface area contributed by atoms with Crippen LogP contribution in [-0.2, 0) is 30.7 Å². The molecule has 10 heteroatoms. The molecule has 0 radical (unpaired) electrons. The molecule has 0 fully saturated rings. The van der Waals surface area contributed by atoms with Crippen LogP contribution in [0.1, 0.15) is 54.4 Å². The summed E-state index contributed by atoms with van der Waals surface area (Å²) in [5.41, 5.74) is 9.24. The Hall–Kier alpha value is -4.57. The predicted octanol–water partition coefficient (Wildman–Crippen LogP) is 2.59. The molecule has 9 nitrogen and oxygen atoms in total. The summed E-state index contributed by atoms with van der Waals surface area (Å²) in [7, 11) is 1.54. The molecule has 190 valence electrons. The van der Waals surface area contributed by atoms with Gasteiger partial charge >= 0.3 is 0 Å². The van der Waals surface area contributed by atoms with Gasteiger partial charge in [0.1, 0.15) is 5.82 Å². The maximum absolute atomic E-state index is 14.1. The number of hydrogen-bond donors (Lipinski definition) is 4. The number of nitrogens with two attached hydrogens (primary N) is 1. The average Bonchev–Trinajstić information content (AvgIpc) is 3.27. The number of primary amides is 1. The van der Waals surface area contributed by atoms with Crippen molar-refractivity contribution in [2.75, 3.05) is 7.11 Å². The van der Waals surface area contributed by atoms with Gasteiger partial charge in [0.25, 0.3) is 17.4 Å². The van der Waals surface area contributed by atoms with Crippen LogP contribution in [0.25, 0.3) is 0 Å². The third-order valence-electron chi connectivity index (χ3n) is 5.94. The number of rotatable bonds is 10. The fourth-order valence-corrected chi connectivity index (χ4v) is 4.09. The van der Waals surface area contributed by atoms with E-state index in [1.165, 1.54) is 12.1 Å². The first-order chi connectivity index (χ1) is 17.9. The monoisotopic (exact) mass is 503 g/mol. The van der Waals surface area contributed by atoms with Gasteiger partial charge in [-0.1, -0.05) is 42.5 Å². The van der Waals surface area contributed by atoms with Crippen molar-refractivity contribution in [1.82, 2.24) is 20.5 Å². The Morgan fingerprint density at radius 2 is 1.73 bits per heavy atom. The average molecular weight is 504 g/mol. The molecule has 0 bridgehead atoms. The van der Waals surface area contributed by atoms with Crippen LogP contribution >= 0.6 is 0 Å². The summed E-state index contributed by atoms with van der Waals surface area (Å²) in [4.78, 5) is 39.3. The number of H-pyrrole nitrogens is 2. The van der Waals surface area contributed by atoms with E-state index >= 15 is 0 Å². The Kier molecular flexibility index (Phi) is 7.89. The van der Waals surface area contributed by atoms with Gasteiger partial charge < -0.3 is 20.8 Å². The molecular formula is C27H26FN5O4. The zero-order valence-corrected chi connectivity index (χ0v) is 20.1. The lowest BCUT2D eigenvalue weighted by Crippen LogP contribution is -2.26. The van der Waals surface area contributed by atoms with Gasteiger partial charge in [0.2, 0.25) is 0 Å². The number of benzene rings is 2. The third kappa shape index (κ3) is 5.99. The van der Waals surface area contributed by atoms with Crippen LogP contribution in [-0.4, -0.2) is 34.1 Å². The number of carbonyl (C=O) groups is 2. The van der Waals surface area contributed by atoms with Crippen molar-refractivity contribution in [3.63, 3.8) is 0 Å². The number of amides is 2. The van der Waals surface area contributed by atoms with E-state index < -0.39 is 17.6 Å². The first-order valence-corrected chi connectivity index (χ1v) is 11.5. The highest BCUT2D eigenvalue weighted by Crippen LogP contribution is 2.20. The summed E-state index contributed by atoms with van der Waals surface area (Å²) in [5.74, 6) is -2.15. The van der Waals surface area contributed by atoms with Gasteiger partial charge in [0, 0.05) is 43.8 Å². The largest absolute Gasteiger partial charge is 0.378 e. The second-order valence-corrected chi connectivity index (χ2v) is 8.48. The molecule has 4 aromatic rings. The molecule has 4 rings (SSSR count). The van der Waals surface area contributed by atoms with Crippen LogP contribution in [0, 0.1) is 5.82 Å². The molecule has 2 amide bonds. The molecule has 0 unspecified atom stereocenters. The third-order valence-corrected chi connectivity index (χ3v) is 5.94. The highest BCUT2D eigenvalue weighted by Gasteiger charge is 2.21. The van der Waals surface area contributed by atoms with E-state index in [4.69, 9.17) is 10.5 Å². The number of hydrogen-bond acceptors (Lipinski definition) is 5. The van der Waals surface area contributed by atoms with Crippen molar-refractivity contribution >= 4 is 11.8 Å². The number of ether oxygens (including phenoxy) is 1. The number of aromatic nitrogens is 3. The molecule has 0 aliphatic rings. The number of halogens is 1. The number of methoxy groups -OCH3 is 1. The molecule has 0 atom stereocenters. The highest BCUT2D eigenvalue weighted by molar-refractivity contribution is 5.96. The van der Waals surface area contributed by atoms with E-state index in [9.17, 15) is 18.8 Å². The van der Waals surface area contributed by atoms with E-state index in [1.54, 1.807) is 25.4 Å². The standard InChI is InChI=1S/C27H26FN5O4/c1-37-15-22-20(13-17-9-7-16(8-10-17)12-18-5-3-11-30-26(18)35)24(33-32-22)27(36)31-14-19-4-2-6-21(28)23(19)25(29)34/h2-11H,12-15H2,1H3,(H2,29,34)(H,30,35)(H,31,36)(H,32,33). The van der Waals surface area contributed by atoms with Gasteiger partial charge in [-0.2, -0.15) is 5.10 Å². The highest BCUT2D eigenvalue weighted by atomic mass is 19.1. The lowest BCUT2D eigenvalue weighted by atomic mass is 9.99. The van der Waals surface area contributed by atoms with E-state index in [1.807, 2.05) is 24.3 Å². The maximum Gasteiger partial charge on any atom is 0.272 e. The predicted molar refractivity (Wildman–Crippen MR) is 135 cm³/mol. The topological polar surface area (TPSA) is 143 Å². The smallest absolute Gasteiger partial charge is 0.272 e. The zero-order valence-electron chi connectivity index (χ0n) is 20.1. The fraction of sp³-hybridized carbons (Fsp3) is 0.185. The summed E-state index contributed by atoms with van der Waals surface area (Å²) in [6.07, 6.45) is 2.49. The lowest BCUT2D eigenvalue weighted by Gasteiger charge is -2.10. The van der Waals surface area contributed by atoms with E-state index in [0.717, 1.165) is 17.2 Å². The van der Waals surface area contributed by atoms with Crippen LogP contribution in [0.5, 0.6) is 0 Å². The van der Waals surface area contributed by atoms with Gasteiger partial charge in [-0.25, -0.2) is 4.39 Å². The molecule has 0 saturated carbocycles. The second kappa shape index (κ2) is 11.4. The van der Waals surface area contributed by atoms with Crippen molar-refractivity contribution in [3.8, 4) is 0 Å². The van der Waals surface area contributed by atoms with E-state index in [2.05, 4.69) is 20.5 Å². The van der Waals surface area contributed by atoms with Crippen LogP contribution < -0.4 is 16.6 Å². The van der Waals surface area contributed by atoms with Gasteiger partial charge in [-0.05, 0) is 28.8 Å².